The Balaban J connectivity index is 3.51. The zero-order valence-corrected chi connectivity index (χ0v) is 21.4. The Hall–Kier alpha value is -1.10. The van der Waals surface area contributed by atoms with E-state index in [2.05, 4.69) is 12.2 Å². The lowest BCUT2D eigenvalue weighted by atomic mass is 10.00. The van der Waals surface area contributed by atoms with Crippen LogP contribution in [0.5, 0.6) is 0 Å². The normalized spacial score (nSPS) is 12.2. The molecule has 0 saturated carbocycles. The van der Waals surface area contributed by atoms with Crippen molar-refractivity contribution in [3.63, 3.8) is 0 Å². The molecule has 1 N–H and O–H groups in total. The fraction of sp³-hybridized carbons (Fsp3) is 0.923. The highest BCUT2D eigenvalue weighted by molar-refractivity contribution is 5.75. The number of carboxylic acid groups (broad SMARTS) is 1. The first kappa shape index (κ1) is 29.9. The number of carbonyl (C=O) groups is 2. The highest BCUT2D eigenvalue weighted by atomic mass is 16.4. The summed E-state index contributed by atoms with van der Waals surface area (Å²) in [6, 6.07) is 0. The van der Waals surface area contributed by atoms with Crippen molar-refractivity contribution < 1.29 is 19.2 Å². The van der Waals surface area contributed by atoms with Gasteiger partial charge >= 0.3 is 0 Å². The van der Waals surface area contributed by atoms with E-state index in [1.807, 2.05) is 14.1 Å². The molecule has 0 unspecified atom stereocenters. The average Bonchev–Trinajstić information content (AvgIpc) is 2.70. The van der Waals surface area contributed by atoms with Crippen molar-refractivity contribution >= 4 is 11.9 Å². The Morgan fingerprint density at radius 2 is 1.19 bits per heavy atom. The van der Waals surface area contributed by atoms with Gasteiger partial charge in [0.05, 0.1) is 20.6 Å². The highest BCUT2D eigenvalue weighted by Crippen LogP contribution is 2.20. The molecular formula is C26H52N2O3. The Morgan fingerprint density at radius 3 is 1.65 bits per heavy atom. The van der Waals surface area contributed by atoms with E-state index < -0.39 is 11.5 Å². The van der Waals surface area contributed by atoms with E-state index in [9.17, 15) is 14.7 Å². The predicted octanol–water partition coefficient (Wildman–Crippen LogP) is 4.97. The summed E-state index contributed by atoms with van der Waals surface area (Å²) in [6.45, 7) is 7.10. The lowest BCUT2D eigenvalue weighted by molar-refractivity contribution is -0.930. The molecule has 0 aromatic heterocycles. The van der Waals surface area contributed by atoms with Crippen molar-refractivity contribution in [2.24, 2.45) is 0 Å². The minimum atomic E-state index is -1.02. The van der Waals surface area contributed by atoms with Crippen LogP contribution < -0.4 is 10.4 Å². The second kappa shape index (κ2) is 17.5. The van der Waals surface area contributed by atoms with E-state index in [0.717, 1.165) is 32.2 Å². The number of unbranched alkanes of at least 4 members (excludes halogenated alkanes) is 13. The Kier molecular flexibility index (Phi) is 16.8. The molecule has 5 heteroatoms. The van der Waals surface area contributed by atoms with E-state index in [1.165, 1.54) is 70.6 Å². The second-order valence-electron chi connectivity index (χ2n) is 10.3. The molecule has 31 heavy (non-hydrogen) atoms. The fourth-order valence-corrected chi connectivity index (χ4v) is 3.78. The van der Waals surface area contributed by atoms with Crippen LogP contribution in [0.3, 0.4) is 0 Å². The molecular weight excluding hydrogens is 388 g/mol. The Morgan fingerprint density at radius 1 is 0.742 bits per heavy atom. The van der Waals surface area contributed by atoms with Gasteiger partial charge in [0.1, 0.15) is 11.5 Å². The summed E-state index contributed by atoms with van der Waals surface area (Å²) in [4.78, 5) is 23.3. The molecule has 0 aromatic carbocycles. The van der Waals surface area contributed by atoms with Crippen LogP contribution in [0, 0.1) is 0 Å². The number of aliphatic carboxylic acids is 1. The summed E-state index contributed by atoms with van der Waals surface area (Å²) in [7, 11) is 3.84. The molecule has 1 amide bonds. The number of hydrogen-bond donors (Lipinski definition) is 1. The second-order valence-corrected chi connectivity index (χ2v) is 10.3. The summed E-state index contributed by atoms with van der Waals surface area (Å²) in [5.74, 6) is -0.879. The van der Waals surface area contributed by atoms with Gasteiger partial charge in [-0.25, -0.2) is 0 Å². The number of quaternary nitrogens is 1. The zero-order chi connectivity index (χ0) is 23.6. The average molecular weight is 441 g/mol. The maximum atomic E-state index is 12.0. The topological polar surface area (TPSA) is 69.2 Å². The van der Waals surface area contributed by atoms with Gasteiger partial charge in [-0.2, -0.15) is 0 Å². The van der Waals surface area contributed by atoms with Crippen molar-refractivity contribution in [3.8, 4) is 0 Å². The third-order valence-electron chi connectivity index (χ3n) is 6.99. The zero-order valence-electron chi connectivity index (χ0n) is 21.4. The lowest BCUT2D eigenvalue weighted by Gasteiger charge is -2.45. The van der Waals surface area contributed by atoms with E-state index in [-0.39, 0.29) is 5.91 Å². The van der Waals surface area contributed by atoms with Crippen molar-refractivity contribution in [3.05, 3.63) is 0 Å². The van der Waals surface area contributed by atoms with Crippen LogP contribution >= 0.6 is 0 Å². The number of rotatable bonds is 21. The van der Waals surface area contributed by atoms with Gasteiger partial charge in [0, 0.05) is 13.0 Å². The van der Waals surface area contributed by atoms with E-state index in [1.54, 1.807) is 13.8 Å². The van der Waals surface area contributed by atoms with Crippen LogP contribution in [-0.2, 0) is 9.59 Å². The first-order valence-electron chi connectivity index (χ1n) is 13.0. The maximum Gasteiger partial charge on any atom is 0.219 e. The quantitative estimate of drug-likeness (QED) is 0.202. The first-order chi connectivity index (χ1) is 14.6. The molecule has 0 radical (unpaired) electrons. The minimum Gasteiger partial charge on any atom is -0.544 e. The molecule has 0 aliphatic rings. The third kappa shape index (κ3) is 14.6. The predicted molar refractivity (Wildman–Crippen MR) is 129 cm³/mol. The van der Waals surface area contributed by atoms with Crippen molar-refractivity contribution in [2.45, 2.75) is 129 Å². The van der Waals surface area contributed by atoms with Gasteiger partial charge in [0.15, 0.2) is 0 Å². The van der Waals surface area contributed by atoms with Gasteiger partial charge in [0.25, 0.3) is 0 Å². The van der Waals surface area contributed by atoms with Crippen LogP contribution in [0.15, 0.2) is 0 Å². The molecule has 184 valence electrons. The van der Waals surface area contributed by atoms with Crippen LogP contribution in [0.4, 0.5) is 0 Å². The summed E-state index contributed by atoms with van der Waals surface area (Å²) in [5, 5.41) is 14.3. The number of carboxylic acids is 1. The monoisotopic (exact) mass is 440 g/mol. The highest BCUT2D eigenvalue weighted by Gasteiger charge is 2.37. The Bertz CT molecular complexity index is 475. The molecule has 0 saturated heterocycles. The molecule has 5 nitrogen and oxygen atoms in total. The van der Waals surface area contributed by atoms with Gasteiger partial charge in [-0.1, -0.05) is 84.0 Å². The van der Waals surface area contributed by atoms with Crippen molar-refractivity contribution in [2.75, 3.05) is 27.2 Å². The summed E-state index contributed by atoms with van der Waals surface area (Å²) >= 11 is 0. The van der Waals surface area contributed by atoms with Crippen molar-refractivity contribution in [1.82, 2.24) is 5.32 Å². The number of nitrogens with one attached hydrogen (secondary N) is 1. The smallest absolute Gasteiger partial charge is 0.219 e. The molecule has 0 heterocycles. The van der Waals surface area contributed by atoms with Gasteiger partial charge in [0.2, 0.25) is 5.91 Å². The van der Waals surface area contributed by atoms with Crippen LogP contribution in [0.25, 0.3) is 0 Å². The van der Waals surface area contributed by atoms with Gasteiger partial charge in [-0.05, 0) is 33.1 Å². The molecule has 0 atom stereocenters. The summed E-state index contributed by atoms with van der Waals surface area (Å²) < 4.78 is 0.377. The molecule has 0 aliphatic carbocycles. The SMILES string of the molecule is CCCCCCCCCCCCCCCC(=O)NCCCC[N+](C)(C)C(C)(C)C(=O)[O-]. The number of carbonyl (C=O) groups excluding carboxylic acids is 2. The van der Waals surface area contributed by atoms with Gasteiger partial charge in [-0.15, -0.1) is 0 Å². The molecule has 0 aromatic rings. The van der Waals surface area contributed by atoms with Crippen LogP contribution in [-0.4, -0.2) is 49.1 Å². The van der Waals surface area contributed by atoms with Gasteiger partial charge in [-0.3, -0.25) is 4.79 Å². The summed E-state index contributed by atoms with van der Waals surface area (Å²) in [5.41, 5.74) is -0.919. The Labute approximate surface area is 192 Å². The third-order valence-corrected chi connectivity index (χ3v) is 6.99. The van der Waals surface area contributed by atoms with E-state index in [4.69, 9.17) is 0 Å². The lowest BCUT2D eigenvalue weighted by Crippen LogP contribution is -2.64. The molecule has 0 spiro atoms. The summed E-state index contributed by atoms with van der Waals surface area (Å²) in [6.07, 6.45) is 19.5. The molecule has 0 rings (SSSR count). The molecule has 0 fully saturated rings. The van der Waals surface area contributed by atoms with Crippen molar-refractivity contribution in [1.29, 1.82) is 0 Å². The minimum absolute atomic E-state index is 0.145. The largest absolute Gasteiger partial charge is 0.544 e. The number of hydrogen-bond acceptors (Lipinski definition) is 3. The molecule has 0 aliphatic heterocycles. The van der Waals surface area contributed by atoms with Crippen LogP contribution in [0.1, 0.15) is 124 Å². The first-order valence-corrected chi connectivity index (χ1v) is 13.0. The van der Waals surface area contributed by atoms with Crippen LogP contribution in [0.2, 0.25) is 0 Å². The van der Waals surface area contributed by atoms with E-state index >= 15 is 0 Å². The molecule has 0 bridgehead atoms. The standard InChI is InChI=1S/C26H52N2O3/c1-6-7-8-9-10-11-12-13-14-15-16-17-18-21-24(29)27-22-19-20-23-28(4,5)26(2,3)25(30)31/h6-23H2,1-5H3,(H-,27,29,30,31). The number of likely N-dealkylation sites (N-methyl/N-ethyl adjacent to an activating group) is 1. The number of nitrogens with zero attached hydrogens (tertiary/aromatic N) is 1. The van der Waals surface area contributed by atoms with Gasteiger partial charge < -0.3 is 19.7 Å². The number of amides is 1. The van der Waals surface area contributed by atoms with E-state index in [0.29, 0.717) is 17.4 Å². The fourth-order valence-electron chi connectivity index (χ4n) is 3.78. The maximum absolute atomic E-state index is 12.0.